The Morgan fingerprint density at radius 3 is 2.78 bits per heavy atom. The highest BCUT2D eigenvalue weighted by atomic mass is 19.1. The molecule has 6 heteroatoms. The van der Waals surface area contributed by atoms with Crippen molar-refractivity contribution in [1.82, 2.24) is 20.3 Å². The van der Waals surface area contributed by atoms with Gasteiger partial charge in [-0.25, -0.2) is 4.39 Å². The van der Waals surface area contributed by atoms with Crippen molar-refractivity contribution in [2.75, 3.05) is 0 Å². The van der Waals surface area contributed by atoms with E-state index in [1.165, 1.54) is 11.6 Å². The van der Waals surface area contributed by atoms with Crippen LogP contribution >= 0.6 is 0 Å². The molecule has 27 heavy (non-hydrogen) atoms. The number of hydrogen-bond acceptors (Lipinski definition) is 5. The van der Waals surface area contributed by atoms with Gasteiger partial charge in [-0.1, -0.05) is 31.1 Å². The Morgan fingerprint density at radius 2 is 2.04 bits per heavy atom. The maximum atomic E-state index is 14.2. The van der Waals surface area contributed by atoms with E-state index in [2.05, 4.69) is 34.2 Å². The lowest BCUT2D eigenvalue weighted by molar-refractivity contribution is 0.187. The quantitative estimate of drug-likeness (QED) is 0.690. The Labute approximate surface area is 157 Å². The second-order valence-corrected chi connectivity index (χ2v) is 8.32. The summed E-state index contributed by atoms with van der Waals surface area (Å²) in [5.74, 6) is 1.39. The summed E-state index contributed by atoms with van der Waals surface area (Å²) in [6, 6.07) is 8.75. The normalized spacial score (nSPS) is 25.0. The summed E-state index contributed by atoms with van der Waals surface area (Å²) in [5.41, 5.74) is 3.12. The zero-order valence-electron chi connectivity index (χ0n) is 15.7. The summed E-state index contributed by atoms with van der Waals surface area (Å²) in [7, 11) is 0. The zero-order valence-corrected chi connectivity index (χ0v) is 15.7. The Kier molecular flexibility index (Phi) is 3.33. The van der Waals surface area contributed by atoms with Crippen molar-refractivity contribution in [1.29, 1.82) is 0 Å². The van der Waals surface area contributed by atoms with Gasteiger partial charge in [-0.15, -0.1) is 0 Å². The van der Waals surface area contributed by atoms with Crippen LogP contribution in [0.1, 0.15) is 55.6 Å². The predicted octanol–water partition coefficient (Wildman–Crippen LogP) is 4.37. The van der Waals surface area contributed by atoms with Gasteiger partial charge in [0.25, 0.3) is 0 Å². The molecule has 3 aromatic rings. The molecule has 0 saturated heterocycles. The molecule has 1 saturated carbocycles. The minimum atomic E-state index is -0.273. The SMILES string of the molecule is Cc1noc(C[C@]23CC[C@H](c4cc(-c5ccccc5F)nnc42)C3(C)C)n1. The summed E-state index contributed by atoms with van der Waals surface area (Å²) in [4.78, 5) is 4.43. The molecule has 138 valence electrons. The van der Waals surface area contributed by atoms with E-state index < -0.39 is 0 Å². The summed E-state index contributed by atoms with van der Waals surface area (Å²) >= 11 is 0. The van der Waals surface area contributed by atoms with Crippen LogP contribution in [-0.4, -0.2) is 20.3 Å². The van der Waals surface area contributed by atoms with Crippen molar-refractivity contribution in [3.05, 3.63) is 59.1 Å². The summed E-state index contributed by atoms with van der Waals surface area (Å²) in [6.07, 6.45) is 2.76. The molecule has 2 aromatic heterocycles. The van der Waals surface area contributed by atoms with E-state index in [9.17, 15) is 4.39 Å². The van der Waals surface area contributed by atoms with Gasteiger partial charge in [-0.05, 0) is 54.9 Å². The molecule has 1 aromatic carbocycles. The first-order chi connectivity index (χ1) is 12.9. The third-order valence-corrected chi connectivity index (χ3v) is 6.79. The molecule has 2 bridgehead atoms. The summed E-state index contributed by atoms with van der Waals surface area (Å²) in [6.45, 7) is 6.41. The van der Waals surface area contributed by atoms with Crippen LogP contribution in [0, 0.1) is 18.2 Å². The van der Waals surface area contributed by atoms with Crippen LogP contribution in [0.25, 0.3) is 11.3 Å². The predicted molar refractivity (Wildman–Crippen MR) is 97.6 cm³/mol. The number of hydrogen-bond donors (Lipinski definition) is 0. The fraction of sp³-hybridized carbons (Fsp3) is 0.429. The van der Waals surface area contributed by atoms with E-state index in [0.717, 1.165) is 18.5 Å². The van der Waals surface area contributed by atoms with Gasteiger partial charge in [-0.2, -0.15) is 15.2 Å². The molecule has 1 fully saturated rings. The van der Waals surface area contributed by atoms with Crippen molar-refractivity contribution >= 4 is 0 Å². The number of aryl methyl sites for hydroxylation is 1. The molecular weight excluding hydrogens is 343 g/mol. The lowest BCUT2D eigenvalue weighted by Gasteiger charge is -2.36. The molecule has 0 N–H and O–H groups in total. The van der Waals surface area contributed by atoms with Crippen LogP contribution in [0.2, 0.25) is 0 Å². The van der Waals surface area contributed by atoms with Crippen molar-refractivity contribution in [2.45, 2.75) is 51.4 Å². The van der Waals surface area contributed by atoms with Crippen molar-refractivity contribution in [3.8, 4) is 11.3 Å². The lowest BCUT2D eigenvalue weighted by atomic mass is 9.66. The van der Waals surface area contributed by atoms with Gasteiger partial charge in [0.15, 0.2) is 5.82 Å². The number of fused-ring (bicyclic) bond motifs is 5. The van der Waals surface area contributed by atoms with E-state index in [4.69, 9.17) is 4.52 Å². The van der Waals surface area contributed by atoms with E-state index in [-0.39, 0.29) is 16.6 Å². The highest BCUT2D eigenvalue weighted by molar-refractivity contribution is 5.62. The third-order valence-electron chi connectivity index (χ3n) is 6.79. The number of rotatable bonds is 3. The van der Waals surface area contributed by atoms with Crippen molar-refractivity contribution in [2.24, 2.45) is 5.41 Å². The van der Waals surface area contributed by atoms with E-state index in [0.29, 0.717) is 35.3 Å². The molecule has 0 spiro atoms. The van der Waals surface area contributed by atoms with Crippen LogP contribution in [0.4, 0.5) is 4.39 Å². The average Bonchev–Trinajstić information content (AvgIpc) is 3.22. The smallest absolute Gasteiger partial charge is 0.227 e. The number of halogens is 1. The number of nitrogens with zero attached hydrogens (tertiary/aromatic N) is 4. The van der Waals surface area contributed by atoms with Crippen molar-refractivity contribution in [3.63, 3.8) is 0 Å². The van der Waals surface area contributed by atoms with Crippen LogP contribution in [-0.2, 0) is 11.8 Å². The average molecular weight is 364 g/mol. The third kappa shape index (κ3) is 2.16. The Balaban J connectivity index is 1.63. The lowest BCUT2D eigenvalue weighted by Crippen LogP contribution is -2.38. The first-order valence-electron chi connectivity index (χ1n) is 9.34. The molecular formula is C21H21FN4O. The maximum Gasteiger partial charge on any atom is 0.227 e. The fourth-order valence-electron chi connectivity index (χ4n) is 5.29. The van der Waals surface area contributed by atoms with Gasteiger partial charge < -0.3 is 4.52 Å². The summed E-state index contributed by atoms with van der Waals surface area (Å²) in [5, 5.41) is 13.0. The van der Waals surface area contributed by atoms with Crippen LogP contribution in [0.3, 0.4) is 0 Å². The minimum absolute atomic E-state index is 0.000242. The van der Waals surface area contributed by atoms with Crippen molar-refractivity contribution < 1.29 is 8.91 Å². The molecule has 0 aliphatic heterocycles. The van der Waals surface area contributed by atoms with Crippen LogP contribution < -0.4 is 0 Å². The minimum Gasteiger partial charge on any atom is -0.339 e. The first-order valence-corrected chi connectivity index (χ1v) is 9.34. The molecule has 2 heterocycles. The molecule has 2 atom stereocenters. The van der Waals surface area contributed by atoms with Gasteiger partial charge in [0.2, 0.25) is 5.89 Å². The molecule has 2 aliphatic rings. The molecule has 0 amide bonds. The van der Waals surface area contributed by atoms with E-state index in [1.54, 1.807) is 12.1 Å². The van der Waals surface area contributed by atoms with Crippen LogP contribution in [0.5, 0.6) is 0 Å². The van der Waals surface area contributed by atoms with Gasteiger partial charge in [0.05, 0.1) is 11.4 Å². The summed E-state index contributed by atoms with van der Waals surface area (Å²) < 4.78 is 19.7. The maximum absolute atomic E-state index is 14.2. The Hall–Kier alpha value is -2.63. The highest BCUT2D eigenvalue weighted by Gasteiger charge is 2.63. The van der Waals surface area contributed by atoms with Gasteiger partial charge in [-0.3, -0.25) is 0 Å². The van der Waals surface area contributed by atoms with Gasteiger partial charge in [0.1, 0.15) is 5.82 Å². The Bertz CT molecular complexity index is 1040. The van der Waals surface area contributed by atoms with Gasteiger partial charge in [0, 0.05) is 17.4 Å². The van der Waals surface area contributed by atoms with E-state index >= 15 is 0 Å². The first kappa shape index (κ1) is 16.5. The highest BCUT2D eigenvalue weighted by Crippen LogP contribution is 2.68. The number of benzene rings is 1. The molecule has 2 aliphatic carbocycles. The molecule has 0 radical (unpaired) electrons. The monoisotopic (exact) mass is 364 g/mol. The van der Waals surface area contributed by atoms with E-state index in [1.807, 2.05) is 19.1 Å². The fourth-order valence-corrected chi connectivity index (χ4v) is 5.29. The van der Waals surface area contributed by atoms with Crippen LogP contribution in [0.15, 0.2) is 34.9 Å². The molecule has 5 nitrogen and oxygen atoms in total. The Morgan fingerprint density at radius 1 is 1.22 bits per heavy atom. The standard InChI is InChI=1S/C21H21FN4O/c1-12-23-18(27-26-12)11-21-9-8-15(20(21,2)3)14-10-17(24-25-19(14)21)13-6-4-5-7-16(13)22/h4-7,10,15H,8-9,11H2,1-3H3/t15-,21-/m1/s1. The largest absolute Gasteiger partial charge is 0.339 e. The molecule has 0 unspecified atom stereocenters. The molecule has 5 rings (SSSR count). The zero-order chi connectivity index (χ0) is 18.8. The second kappa shape index (κ2) is 5.44. The topological polar surface area (TPSA) is 64.7 Å². The van der Waals surface area contributed by atoms with Gasteiger partial charge >= 0.3 is 0 Å². The second-order valence-electron chi connectivity index (χ2n) is 8.32. The number of aromatic nitrogens is 4.